The topological polar surface area (TPSA) is 67.6 Å². The van der Waals surface area contributed by atoms with Gasteiger partial charge in [0, 0.05) is 53.0 Å². The van der Waals surface area contributed by atoms with Gasteiger partial charge in [0.2, 0.25) is 0 Å². The van der Waals surface area contributed by atoms with Crippen LogP contribution in [0.25, 0.3) is 47.8 Å². The van der Waals surface area contributed by atoms with Gasteiger partial charge in [0.15, 0.2) is 0 Å². The van der Waals surface area contributed by atoms with E-state index in [-0.39, 0.29) is 5.57 Å². The van der Waals surface area contributed by atoms with Crippen LogP contribution in [-0.2, 0) is 17.6 Å². The molecule has 0 unspecified atom stereocenters. The molecule has 0 atom stereocenters. The minimum atomic E-state index is -1.21. The summed E-state index contributed by atoms with van der Waals surface area (Å²) in [6, 6.07) is 65.4. The van der Waals surface area contributed by atoms with E-state index in [0.717, 1.165) is 112 Å². The first-order chi connectivity index (χ1) is 33.9. The summed E-state index contributed by atoms with van der Waals surface area (Å²) < 4.78 is 0. The first-order valence-electron chi connectivity index (χ1n) is 24.4. The zero-order valence-electron chi connectivity index (χ0n) is 39.4. The maximum atomic E-state index is 12.0. The van der Waals surface area contributed by atoms with Gasteiger partial charge in [-0.15, -0.1) is 22.7 Å². The molecule has 7 aromatic carbocycles. The van der Waals surface area contributed by atoms with Gasteiger partial charge in [-0.05, 0) is 126 Å². The van der Waals surface area contributed by atoms with Gasteiger partial charge in [-0.3, -0.25) is 0 Å². The number of carboxylic acids is 1. The van der Waals surface area contributed by atoms with Crippen molar-refractivity contribution in [3.8, 4) is 26.3 Å². The van der Waals surface area contributed by atoms with Crippen molar-refractivity contribution in [2.75, 3.05) is 9.80 Å². The van der Waals surface area contributed by atoms with Crippen LogP contribution in [0.15, 0.2) is 181 Å². The number of unbranched alkanes of at least 4 members (excludes halogenated alkanes) is 6. The highest BCUT2D eigenvalue weighted by Gasteiger charge is 2.24. The number of carboxylic acid groups (broad SMARTS) is 1. The zero-order valence-corrected chi connectivity index (χ0v) is 41.0. The number of para-hydroxylation sites is 2. The molecule has 0 fully saturated rings. The van der Waals surface area contributed by atoms with Crippen molar-refractivity contribution in [2.24, 2.45) is 0 Å². The van der Waals surface area contributed by atoms with E-state index in [1.54, 1.807) is 17.4 Å². The molecule has 0 saturated carbocycles. The number of aliphatic carboxylic acids is 1. The van der Waals surface area contributed by atoms with Crippen LogP contribution in [0, 0.1) is 11.3 Å². The summed E-state index contributed by atoms with van der Waals surface area (Å²) in [5.74, 6) is -1.21. The fraction of sp³-hybridized carbons (Fsp3) is 0.194. The second-order valence-electron chi connectivity index (χ2n) is 17.6. The van der Waals surface area contributed by atoms with Crippen molar-refractivity contribution in [2.45, 2.75) is 78.1 Å². The van der Waals surface area contributed by atoms with E-state index < -0.39 is 5.97 Å². The number of hydrogen-bond acceptors (Lipinski definition) is 6. The molecule has 344 valence electrons. The van der Waals surface area contributed by atoms with Crippen LogP contribution in [0.2, 0.25) is 0 Å². The van der Waals surface area contributed by atoms with Crippen molar-refractivity contribution < 1.29 is 9.90 Å². The molecule has 0 saturated heterocycles. The first kappa shape index (κ1) is 46.9. The molecular weight excluding hydrogens is 883 g/mol. The molecule has 0 aliphatic rings. The largest absolute Gasteiger partial charge is 0.477 e. The third-order valence-corrected chi connectivity index (χ3v) is 15.4. The number of rotatable bonds is 20. The van der Waals surface area contributed by atoms with E-state index in [2.05, 4.69) is 200 Å². The number of nitrogens with zero attached hydrogens (tertiary/aromatic N) is 3. The van der Waals surface area contributed by atoms with Gasteiger partial charge in [-0.25, -0.2) is 4.79 Å². The number of hydrogen-bond donors (Lipinski definition) is 1. The summed E-state index contributed by atoms with van der Waals surface area (Å²) in [7, 11) is 0. The number of carbonyl (C=O) groups is 1. The molecule has 1 N–H and O–H groups in total. The lowest BCUT2D eigenvalue weighted by Crippen LogP contribution is -2.14. The number of benzene rings is 7. The Balaban J connectivity index is 1.31. The summed E-state index contributed by atoms with van der Waals surface area (Å²) in [4.78, 5) is 21.2. The first-order valence-corrected chi connectivity index (χ1v) is 26.0. The fourth-order valence-electron chi connectivity index (χ4n) is 9.45. The van der Waals surface area contributed by atoms with Crippen LogP contribution < -0.4 is 9.80 Å². The number of nitriles is 1. The monoisotopic (exact) mass is 939 g/mol. The number of aryl methyl sites for hydroxylation is 2. The molecule has 9 rings (SSSR count). The van der Waals surface area contributed by atoms with Crippen molar-refractivity contribution in [3.63, 3.8) is 0 Å². The average molecular weight is 940 g/mol. The zero-order chi connectivity index (χ0) is 47.5. The van der Waals surface area contributed by atoms with Gasteiger partial charge in [0.05, 0.1) is 11.4 Å². The van der Waals surface area contributed by atoms with Crippen LogP contribution in [0.4, 0.5) is 34.1 Å². The lowest BCUT2D eigenvalue weighted by atomic mass is 10.00. The second-order valence-corrected chi connectivity index (χ2v) is 19.8. The summed E-state index contributed by atoms with van der Waals surface area (Å²) >= 11 is 3.43. The predicted molar refractivity (Wildman–Crippen MR) is 294 cm³/mol. The van der Waals surface area contributed by atoms with E-state index in [9.17, 15) is 15.2 Å². The van der Waals surface area contributed by atoms with Crippen molar-refractivity contribution in [1.82, 2.24) is 0 Å². The van der Waals surface area contributed by atoms with Gasteiger partial charge in [0.1, 0.15) is 11.6 Å². The summed E-state index contributed by atoms with van der Waals surface area (Å²) in [5, 5.41) is 24.3. The quantitative estimate of drug-likeness (QED) is 0.0468. The lowest BCUT2D eigenvalue weighted by molar-refractivity contribution is -0.132. The van der Waals surface area contributed by atoms with Crippen LogP contribution >= 0.6 is 22.7 Å². The summed E-state index contributed by atoms with van der Waals surface area (Å²) in [6.07, 6.45) is 12.4. The van der Waals surface area contributed by atoms with E-state index in [4.69, 9.17) is 0 Å². The third-order valence-electron chi connectivity index (χ3n) is 12.8. The molecule has 0 amide bonds. The third kappa shape index (κ3) is 10.6. The molecule has 2 aromatic heterocycles. The maximum Gasteiger partial charge on any atom is 0.346 e. The van der Waals surface area contributed by atoms with E-state index >= 15 is 0 Å². The Morgan fingerprint density at radius 3 is 1.54 bits per heavy atom. The highest BCUT2D eigenvalue weighted by molar-refractivity contribution is 7.24. The number of thiophene rings is 2. The molecule has 7 heteroatoms. The molecule has 0 spiro atoms. The predicted octanol–water partition coefficient (Wildman–Crippen LogP) is 18.6. The van der Waals surface area contributed by atoms with Crippen molar-refractivity contribution in [3.05, 3.63) is 198 Å². The molecule has 2 heterocycles. The standard InChI is InChI=1S/C62H57N3O2S2/c1-3-5-7-11-25-46-39-54(40-49(43-63)62(66)67)68-61(46)59-41-47(26-12-8-6-4-2)60(69-59)48-37-52(64(50-29-13-9-14-30-50)57-35-21-27-44-23-17-19-33-55(44)57)42-53(38-48)65(51-31-15-10-16-32-51)58-36-22-28-45-24-18-20-34-56(45)58/h9-10,13-24,27-42H,3-8,11-12,25-26H2,1-2H3,(H,66,67)/b49-40-. The van der Waals surface area contributed by atoms with Gasteiger partial charge < -0.3 is 14.9 Å². The summed E-state index contributed by atoms with van der Waals surface area (Å²) in [6.45, 7) is 4.49. The SMILES string of the molecule is CCCCCCc1cc(-c2sc(/C=C(/C#N)C(=O)O)cc2CCCCCC)sc1-c1cc(N(c2ccccc2)c2cccc3ccccc23)cc(N(c2ccccc2)c2cccc3ccccc23)c1. The van der Waals surface area contributed by atoms with Crippen LogP contribution in [0.5, 0.6) is 0 Å². The van der Waals surface area contributed by atoms with Gasteiger partial charge in [0.25, 0.3) is 0 Å². The minimum Gasteiger partial charge on any atom is -0.477 e. The van der Waals surface area contributed by atoms with Crippen LogP contribution in [0.1, 0.15) is 81.2 Å². The average Bonchev–Trinajstić information content (AvgIpc) is 4.00. The Morgan fingerprint density at radius 2 is 1.03 bits per heavy atom. The lowest BCUT2D eigenvalue weighted by Gasteiger charge is -2.31. The van der Waals surface area contributed by atoms with Crippen molar-refractivity contribution in [1.29, 1.82) is 5.26 Å². The van der Waals surface area contributed by atoms with E-state index in [0.29, 0.717) is 0 Å². The molecule has 0 aliphatic heterocycles. The van der Waals surface area contributed by atoms with Gasteiger partial charge >= 0.3 is 5.97 Å². The second kappa shape index (κ2) is 22.2. The molecule has 69 heavy (non-hydrogen) atoms. The van der Waals surface area contributed by atoms with E-state index in [1.807, 2.05) is 17.4 Å². The summed E-state index contributed by atoms with van der Waals surface area (Å²) in [5.41, 5.74) is 9.78. The number of fused-ring (bicyclic) bond motifs is 2. The molecule has 9 aromatic rings. The molecule has 0 bridgehead atoms. The Bertz CT molecular complexity index is 3120. The van der Waals surface area contributed by atoms with E-state index in [1.165, 1.54) is 44.5 Å². The molecule has 0 radical (unpaired) electrons. The van der Waals surface area contributed by atoms with Crippen LogP contribution in [0.3, 0.4) is 0 Å². The Labute approximate surface area is 414 Å². The van der Waals surface area contributed by atoms with Crippen LogP contribution in [-0.4, -0.2) is 11.1 Å². The fourth-order valence-corrected chi connectivity index (χ4v) is 11.9. The molecular formula is C62H57N3O2S2. The van der Waals surface area contributed by atoms with Gasteiger partial charge in [-0.1, -0.05) is 162 Å². The minimum absolute atomic E-state index is 0.253. The Morgan fingerprint density at radius 1 is 0.536 bits per heavy atom. The maximum absolute atomic E-state index is 12.0. The Kier molecular flexibility index (Phi) is 15.1. The van der Waals surface area contributed by atoms with Crippen molar-refractivity contribution >= 4 is 90.4 Å². The Hall–Kier alpha value is -7.24. The van der Waals surface area contributed by atoms with Gasteiger partial charge in [-0.2, -0.15) is 5.26 Å². The normalized spacial score (nSPS) is 11.5. The molecule has 5 nitrogen and oxygen atoms in total. The number of anilines is 6. The smallest absolute Gasteiger partial charge is 0.346 e. The molecule has 0 aliphatic carbocycles. The highest BCUT2D eigenvalue weighted by atomic mass is 32.1. The highest BCUT2D eigenvalue weighted by Crippen LogP contribution is 2.49.